The van der Waals surface area contributed by atoms with E-state index in [2.05, 4.69) is 62.4 Å². The van der Waals surface area contributed by atoms with Crippen LogP contribution in [0, 0.1) is 0 Å². The zero-order valence-corrected chi connectivity index (χ0v) is 12.3. The number of rotatable bonds is 0. The van der Waals surface area contributed by atoms with E-state index in [1.165, 1.54) is 5.75 Å². The van der Waals surface area contributed by atoms with Crippen LogP contribution in [-0.4, -0.2) is 10.5 Å². The fraction of sp³-hybridized carbons (Fsp3) is 0.250. The predicted octanol–water partition coefficient (Wildman–Crippen LogP) is 3.86. The first kappa shape index (κ1) is 11.0. The van der Waals surface area contributed by atoms with E-state index in [1.54, 1.807) is 19.6 Å². The van der Waals surface area contributed by atoms with E-state index >= 15 is 0 Å². The van der Waals surface area contributed by atoms with E-state index in [9.17, 15) is 0 Å². The lowest BCUT2D eigenvalue weighted by Gasteiger charge is -2.34. The lowest BCUT2D eigenvalue weighted by atomic mass is 10.2. The highest BCUT2D eigenvalue weighted by atomic mass is 32.2. The minimum atomic E-state index is 0.261. The maximum Gasteiger partial charge on any atom is 0.216 e. The van der Waals surface area contributed by atoms with E-state index in [4.69, 9.17) is 0 Å². The van der Waals surface area contributed by atoms with Gasteiger partial charge in [-0.1, -0.05) is 24.3 Å². The molecule has 0 N–H and O–H groups in total. The highest BCUT2D eigenvalue weighted by Gasteiger charge is 2.63. The van der Waals surface area contributed by atoms with E-state index in [0.717, 1.165) is 0 Å². The van der Waals surface area contributed by atoms with Crippen molar-refractivity contribution >= 4 is 21.8 Å². The summed E-state index contributed by atoms with van der Waals surface area (Å²) < 4.78 is 0.422. The molecule has 0 radical (unpaired) electrons. The molecule has 0 aromatic heterocycles. The topological polar surface area (TPSA) is 0 Å². The van der Waals surface area contributed by atoms with Crippen LogP contribution in [-0.2, 0) is 21.8 Å². The number of benzene rings is 2. The highest BCUT2D eigenvalue weighted by Crippen LogP contribution is 2.53. The van der Waals surface area contributed by atoms with Crippen molar-refractivity contribution in [3.63, 3.8) is 0 Å². The number of fused-ring (bicyclic) bond motifs is 1. The summed E-state index contributed by atoms with van der Waals surface area (Å²) in [6.07, 6.45) is 0. The molecule has 3 aliphatic heterocycles. The summed E-state index contributed by atoms with van der Waals surface area (Å²) in [4.78, 5) is 6.43. The van der Waals surface area contributed by atoms with Crippen LogP contribution in [0.5, 0.6) is 0 Å². The van der Waals surface area contributed by atoms with Gasteiger partial charge in [0.15, 0.2) is 10.5 Å². The van der Waals surface area contributed by atoms with Crippen molar-refractivity contribution in [1.29, 1.82) is 0 Å². The molecular weight excluding hydrogens is 256 g/mol. The van der Waals surface area contributed by atoms with E-state index in [-0.39, 0.29) is 10.9 Å². The van der Waals surface area contributed by atoms with Gasteiger partial charge in [-0.3, -0.25) is 0 Å². The van der Waals surface area contributed by atoms with Crippen molar-refractivity contribution < 1.29 is 0 Å². The minimum absolute atomic E-state index is 0.261. The second-order valence-corrected chi connectivity index (χ2v) is 10.0. The molecule has 0 fully saturated rings. The Morgan fingerprint density at radius 2 is 1.22 bits per heavy atom. The van der Waals surface area contributed by atoms with Crippen LogP contribution in [0.3, 0.4) is 0 Å². The van der Waals surface area contributed by atoms with Crippen molar-refractivity contribution in [2.24, 2.45) is 0 Å². The van der Waals surface area contributed by atoms with Gasteiger partial charge in [0, 0.05) is 0 Å². The first-order chi connectivity index (χ1) is 8.68. The van der Waals surface area contributed by atoms with Crippen LogP contribution in [0.4, 0.5) is 0 Å². The average Bonchev–Trinajstić information content (AvgIpc) is 2.38. The van der Waals surface area contributed by atoms with Crippen molar-refractivity contribution in [1.82, 2.24) is 0 Å². The van der Waals surface area contributed by atoms with Gasteiger partial charge in [0.1, 0.15) is 0 Å². The molecule has 2 heteroatoms. The van der Waals surface area contributed by atoms with Crippen molar-refractivity contribution in [3.05, 3.63) is 48.5 Å². The van der Waals surface area contributed by atoms with Crippen molar-refractivity contribution in [2.45, 2.75) is 38.2 Å². The monoisotopic (exact) mass is 272 g/mol. The summed E-state index contributed by atoms with van der Waals surface area (Å²) >= 11 is 0. The van der Waals surface area contributed by atoms with Crippen molar-refractivity contribution in [2.75, 3.05) is 5.75 Å². The van der Waals surface area contributed by atoms with Crippen LogP contribution in [0.1, 0.15) is 13.8 Å². The molecule has 0 spiro atoms. The van der Waals surface area contributed by atoms with Crippen LogP contribution in [0.15, 0.2) is 68.1 Å². The Bertz CT molecular complexity index is 583. The maximum absolute atomic E-state index is 2.45. The quantitative estimate of drug-likeness (QED) is 0.639. The van der Waals surface area contributed by atoms with Gasteiger partial charge in [0.25, 0.3) is 0 Å². The Kier molecular flexibility index (Phi) is 2.19. The summed E-state index contributed by atoms with van der Waals surface area (Å²) in [5.74, 6) is 1.32. The maximum atomic E-state index is 2.45. The second-order valence-electron chi connectivity index (χ2n) is 5.49. The molecule has 0 saturated heterocycles. The first-order valence-corrected chi connectivity index (χ1v) is 8.94. The van der Waals surface area contributed by atoms with Gasteiger partial charge in [-0.2, -0.15) is 0 Å². The third-order valence-electron chi connectivity index (χ3n) is 3.71. The Labute approximate surface area is 114 Å². The molecular formula is C16H16S2+2. The fourth-order valence-corrected chi connectivity index (χ4v) is 9.71. The second kappa shape index (κ2) is 3.58. The summed E-state index contributed by atoms with van der Waals surface area (Å²) in [5, 5.41) is 0. The Balaban J connectivity index is 2.06. The molecule has 0 aliphatic carbocycles. The molecule has 2 aromatic rings. The Morgan fingerprint density at radius 1 is 0.778 bits per heavy atom. The third kappa shape index (κ3) is 1.31. The van der Waals surface area contributed by atoms with Gasteiger partial charge in [-0.05, 0) is 38.1 Å². The Hall–Kier alpha value is -0.860. The molecule has 0 atom stereocenters. The highest BCUT2D eigenvalue weighted by molar-refractivity contribution is 8.06. The molecule has 18 heavy (non-hydrogen) atoms. The van der Waals surface area contributed by atoms with Crippen LogP contribution in [0.25, 0.3) is 0 Å². The van der Waals surface area contributed by atoms with Gasteiger partial charge in [-0.15, -0.1) is 0 Å². The molecule has 0 unspecified atom stereocenters. The predicted molar refractivity (Wildman–Crippen MR) is 79.6 cm³/mol. The first-order valence-electron chi connectivity index (χ1n) is 6.32. The van der Waals surface area contributed by atoms with Crippen molar-refractivity contribution in [3.8, 4) is 0 Å². The molecule has 90 valence electrons. The normalized spacial score (nSPS) is 26.6. The minimum Gasteiger partial charge on any atom is -0.0569 e. The molecule has 0 nitrogen and oxygen atoms in total. The van der Waals surface area contributed by atoms with Gasteiger partial charge >= 0.3 is 0 Å². The Morgan fingerprint density at radius 3 is 1.72 bits per heavy atom. The molecule has 0 saturated carbocycles. The standard InChI is InChI=1S/C16H16S2/c1-16(2)11-17-12-7-3-5-9-14(12)18(16)15-10-6-4-8-13(15)17/h3-10H,11H2,1-2H3/q+2. The number of hydrogen-bond donors (Lipinski definition) is 0. The van der Waals surface area contributed by atoms with Gasteiger partial charge in [0.05, 0.1) is 21.8 Å². The molecule has 5 rings (SSSR count). The SMILES string of the molecule is CC1(C)C[S+]2c3ccccc3[S+]1c1ccccc12. The fourth-order valence-electron chi connectivity index (χ4n) is 3.04. The number of hydrogen-bond acceptors (Lipinski definition) is 0. The largest absolute Gasteiger partial charge is 0.216 e. The average molecular weight is 272 g/mol. The zero-order chi connectivity index (χ0) is 12.3. The van der Waals surface area contributed by atoms with E-state index < -0.39 is 0 Å². The van der Waals surface area contributed by atoms with Gasteiger partial charge in [0.2, 0.25) is 19.6 Å². The molecule has 0 amide bonds. The lowest BCUT2D eigenvalue weighted by Crippen LogP contribution is -2.48. The van der Waals surface area contributed by atoms with Gasteiger partial charge < -0.3 is 0 Å². The summed E-state index contributed by atoms with van der Waals surface area (Å²) in [5.41, 5.74) is 0. The smallest absolute Gasteiger partial charge is 0.0569 e. The zero-order valence-electron chi connectivity index (χ0n) is 10.6. The third-order valence-corrected chi connectivity index (χ3v) is 9.78. The lowest BCUT2D eigenvalue weighted by molar-refractivity contribution is 0.767. The molecule has 2 bridgehead atoms. The van der Waals surface area contributed by atoms with E-state index in [0.29, 0.717) is 15.6 Å². The summed E-state index contributed by atoms with van der Waals surface area (Å²) in [6, 6.07) is 18.2. The van der Waals surface area contributed by atoms with Crippen LogP contribution < -0.4 is 0 Å². The van der Waals surface area contributed by atoms with Crippen LogP contribution in [0.2, 0.25) is 0 Å². The van der Waals surface area contributed by atoms with Gasteiger partial charge in [-0.25, -0.2) is 0 Å². The summed E-state index contributed by atoms with van der Waals surface area (Å²) in [7, 11) is 0.563. The van der Waals surface area contributed by atoms with E-state index in [1.807, 2.05) is 0 Å². The van der Waals surface area contributed by atoms with Crippen LogP contribution >= 0.6 is 0 Å². The molecule has 2 aromatic carbocycles. The molecule has 3 aliphatic rings. The summed E-state index contributed by atoms with van der Waals surface area (Å²) in [6.45, 7) is 4.89. The molecule has 3 heterocycles.